The number of fused-ring (bicyclic) bond motifs is 4. The van der Waals surface area contributed by atoms with E-state index in [4.69, 9.17) is 5.11 Å². The monoisotopic (exact) mass is 833 g/mol. The molecule has 2 nitrogen and oxygen atoms in total. The van der Waals surface area contributed by atoms with Crippen molar-refractivity contribution >= 4 is 59.1 Å². The zero-order chi connectivity index (χ0) is 44.8. The minimum absolute atomic E-state index is 0.0165. The van der Waals surface area contributed by atoms with Crippen molar-refractivity contribution in [2.75, 3.05) is 12.0 Å². The third-order valence-electron chi connectivity index (χ3n) is 13.0. The van der Waals surface area contributed by atoms with Gasteiger partial charge < -0.3 is 10.0 Å². The van der Waals surface area contributed by atoms with Crippen molar-refractivity contribution < 1.29 is 5.11 Å². The molecular weight excluding hydrogens is 775 g/mol. The quantitative estimate of drug-likeness (QED) is 0.131. The number of anilines is 3. The Morgan fingerprint density at radius 3 is 1.25 bits per heavy atom. The Morgan fingerprint density at radius 1 is 0.406 bits per heavy atom. The van der Waals surface area contributed by atoms with E-state index in [1.165, 1.54) is 72.3 Å². The Morgan fingerprint density at radius 2 is 0.781 bits per heavy atom. The molecule has 64 heavy (non-hydrogen) atoms. The molecule has 0 saturated heterocycles. The standard InChI is InChI=1S/C61H55N.CH4O/c1-7-15-52-53-37-30-48(40-57(53)60(3,4)56(52)8-2)25-23-46-28-34-50(35-29-46)62(49-32-26-45(27-33-49)21-20-43-16-11-9-12-17-43)51-36-39-55-54-38-31-47(24-22-44-18-13-10-14-19-44)41-58(54)61(5,6)59(55)42-51;1-2/h7,9-42H,8H2,1-6H3;2H,1H3/b15-7-,21-20+,24-22+,25-23+;. The van der Waals surface area contributed by atoms with Gasteiger partial charge in [0, 0.05) is 35.0 Å². The van der Waals surface area contributed by atoms with Crippen LogP contribution in [0, 0.1) is 0 Å². The van der Waals surface area contributed by atoms with Crippen molar-refractivity contribution in [1.82, 2.24) is 0 Å². The van der Waals surface area contributed by atoms with Crippen LogP contribution in [0.2, 0.25) is 0 Å². The van der Waals surface area contributed by atoms with Gasteiger partial charge in [-0.3, -0.25) is 0 Å². The zero-order valence-corrected chi connectivity index (χ0v) is 38.3. The lowest BCUT2D eigenvalue weighted by Gasteiger charge is -2.28. The highest BCUT2D eigenvalue weighted by Crippen LogP contribution is 2.51. The summed E-state index contributed by atoms with van der Waals surface area (Å²) in [5.41, 5.74) is 21.4. The summed E-state index contributed by atoms with van der Waals surface area (Å²) < 4.78 is 0. The first-order valence-corrected chi connectivity index (χ1v) is 22.5. The van der Waals surface area contributed by atoms with E-state index in [1.807, 2.05) is 0 Å². The SMILES string of the molecule is C/C=C\C1=C(CC)C(C)(C)c2cc(/C=C/c3ccc(N(c4ccc(/C=C/c5ccccc5)cc4)c4ccc5c(c4)C(C)(C)c4cc(/C=C/c6ccccc6)ccc4-5)cc3)ccc21.CO. The van der Waals surface area contributed by atoms with Gasteiger partial charge in [0.05, 0.1) is 0 Å². The van der Waals surface area contributed by atoms with Crippen molar-refractivity contribution in [3.8, 4) is 11.1 Å². The Hall–Kier alpha value is -7.00. The molecule has 1 N–H and O–H groups in total. The first-order chi connectivity index (χ1) is 31.1. The van der Waals surface area contributed by atoms with Gasteiger partial charge in [0.1, 0.15) is 0 Å². The van der Waals surface area contributed by atoms with Crippen LogP contribution in [-0.4, -0.2) is 12.2 Å². The predicted octanol–water partition coefficient (Wildman–Crippen LogP) is 16.6. The number of rotatable bonds is 11. The third-order valence-corrected chi connectivity index (χ3v) is 13.0. The first kappa shape index (κ1) is 43.6. The summed E-state index contributed by atoms with van der Waals surface area (Å²) in [4.78, 5) is 2.40. The molecular formula is C62H59NO. The molecule has 0 unspecified atom stereocenters. The van der Waals surface area contributed by atoms with E-state index in [1.54, 1.807) is 0 Å². The second kappa shape index (κ2) is 18.8. The molecule has 0 saturated carbocycles. The van der Waals surface area contributed by atoms with Crippen molar-refractivity contribution in [3.05, 3.63) is 237 Å². The largest absolute Gasteiger partial charge is 0.400 e. The molecule has 9 rings (SSSR count). The van der Waals surface area contributed by atoms with Gasteiger partial charge in [-0.25, -0.2) is 0 Å². The lowest BCUT2D eigenvalue weighted by atomic mass is 9.79. The van der Waals surface area contributed by atoms with Gasteiger partial charge in [-0.1, -0.05) is 216 Å². The number of aliphatic hydroxyl groups excluding tert-OH is 1. The molecule has 7 aromatic rings. The van der Waals surface area contributed by atoms with Crippen molar-refractivity contribution in [2.24, 2.45) is 0 Å². The summed E-state index contributed by atoms with van der Waals surface area (Å²) in [6, 6.07) is 59.9. The summed E-state index contributed by atoms with van der Waals surface area (Å²) in [5.74, 6) is 0. The molecule has 0 amide bonds. The van der Waals surface area contributed by atoms with Crippen LogP contribution in [-0.2, 0) is 10.8 Å². The van der Waals surface area contributed by atoms with Gasteiger partial charge in [-0.05, 0) is 122 Å². The molecule has 318 valence electrons. The summed E-state index contributed by atoms with van der Waals surface area (Å²) in [6.07, 6.45) is 18.8. The van der Waals surface area contributed by atoms with E-state index in [-0.39, 0.29) is 10.8 Å². The van der Waals surface area contributed by atoms with Crippen LogP contribution < -0.4 is 4.90 Å². The smallest absolute Gasteiger partial charge is 0.0465 e. The second-order valence-corrected chi connectivity index (χ2v) is 17.7. The van der Waals surface area contributed by atoms with E-state index in [0.717, 1.165) is 36.2 Å². The number of benzene rings is 7. The Kier molecular flexibility index (Phi) is 12.8. The van der Waals surface area contributed by atoms with Crippen LogP contribution in [0.1, 0.15) is 104 Å². The van der Waals surface area contributed by atoms with Gasteiger partial charge in [0.15, 0.2) is 0 Å². The highest BCUT2D eigenvalue weighted by atomic mass is 16.2. The van der Waals surface area contributed by atoms with Gasteiger partial charge in [-0.15, -0.1) is 0 Å². The topological polar surface area (TPSA) is 23.5 Å². The molecule has 0 aliphatic heterocycles. The van der Waals surface area contributed by atoms with E-state index in [9.17, 15) is 0 Å². The van der Waals surface area contributed by atoms with Crippen molar-refractivity contribution in [2.45, 2.75) is 58.8 Å². The summed E-state index contributed by atoms with van der Waals surface area (Å²) in [6.45, 7) is 13.9. The van der Waals surface area contributed by atoms with E-state index in [2.05, 4.69) is 259 Å². The maximum Gasteiger partial charge on any atom is 0.0465 e. The minimum Gasteiger partial charge on any atom is -0.400 e. The van der Waals surface area contributed by atoms with Crippen LogP contribution in [0.15, 0.2) is 182 Å². The maximum atomic E-state index is 7.00. The molecule has 0 atom stereocenters. The lowest BCUT2D eigenvalue weighted by Crippen LogP contribution is -2.17. The number of hydrogen-bond acceptors (Lipinski definition) is 2. The molecule has 0 aromatic heterocycles. The Balaban J connectivity index is 0.00000276. The number of hydrogen-bond donors (Lipinski definition) is 1. The Bertz CT molecular complexity index is 2900. The zero-order valence-electron chi connectivity index (χ0n) is 38.3. The molecule has 0 radical (unpaired) electrons. The molecule has 2 aliphatic rings. The molecule has 0 heterocycles. The molecule has 2 aliphatic carbocycles. The van der Waals surface area contributed by atoms with Gasteiger partial charge in [-0.2, -0.15) is 0 Å². The molecule has 0 spiro atoms. The highest BCUT2D eigenvalue weighted by Gasteiger charge is 2.37. The normalized spacial score (nSPS) is 14.6. The maximum absolute atomic E-state index is 7.00. The predicted molar refractivity (Wildman–Crippen MR) is 278 cm³/mol. The van der Waals surface area contributed by atoms with Crippen LogP contribution in [0.4, 0.5) is 17.1 Å². The second-order valence-electron chi connectivity index (χ2n) is 17.7. The molecule has 0 fully saturated rings. The van der Waals surface area contributed by atoms with E-state index < -0.39 is 0 Å². The minimum atomic E-state index is -0.168. The fraction of sp³-hybridized carbons (Fsp3) is 0.161. The summed E-state index contributed by atoms with van der Waals surface area (Å²) in [5, 5.41) is 7.00. The van der Waals surface area contributed by atoms with Gasteiger partial charge >= 0.3 is 0 Å². The highest BCUT2D eigenvalue weighted by molar-refractivity contribution is 5.89. The van der Waals surface area contributed by atoms with Crippen LogP contribution >= 0.6 is 0 Å². The number of aliphatic hydroxyl groups is 1. The molecule has 0 bridgehead atoms. The first-order valence-electron chi connectivity index (χ1n) is 22.5. The van der Waals surface area contributed by atoms with Crippen LogP contribution in [0.3, 0.4) is 0 Å². The summed E-state index contributed by atoms with van der Waals surface area (Å²) in [7, 11) is 1.00. The lowest BCUT2D eigenvalue weighted by molar-refractivity contribution is 0.399. The van der Waals surface area contributed by atoms with E-state index in [0.29, 0.717) is 0 Å². The van der Waals surface area contributed by atoms with Crippen molar-refractivity contribution in [1.29, 1.82) is 0 Å². The van der Waals surface area contributed by atoms with E-state index >= 15 is 0 Å². The average Bonchev–Trinajstić information content (AvgIpc) is 3.69. The molecule has 2 heteroatoms. The van der Waals surface area contributed by atoms with Crippen LogP contribution in [0.25, 0.3) is 53.2 Å². The third kappa shape index (κ3) is 8.67. The number of allylic oxidation sites excluding steroid dienone is 4. The fourth-order valence-corrected chi connectivity index (χ4v) is 9.68. The average molecular weight is 834 g/mol. The van der Waals surface area contributed by atoms with Crippen molar-refractivity contribution in [3.63, 3.8) is 0 Å². The fourth-order valence-electron chi connectivity index (χ4n) is 9.68. The summed E-state index contributed by atoms with van der Waals surface area (Å²) >= 11 is 0. The number of nitrogens with zero attached hydrogens (tertiary/aromatic N) is 1. The van der Waals surface area contributed by atoms with Crippen LogP contribution in [0.5, 0.6) is 0 Å². The Labute approximate surface area is 381 Å². The van der Waals surface area contributed by atoms with Gasteiger partial charge in [0.25, 0.3) is 0 Å². The molecule has 7 aromatic carbocycles. The van der Waals surface area contributed by atoms with Gasteiger partial charge in [0.2, 0.25) is 0 Å².